The zero-order chi connectivity index (χ0) is 16.8. The number of piperidine rings is 1. The molecule has 2 aliphatic rings. The van der Waals surface area contributed by atoms with Crippen molar-refractivity contribution in [1.82, 2.24) is 14.9 Å². The number of amides is 1. The van der Waals surface area contributed by atoms with Crippen molar-refractivity contribution in [2.45, 2.75) is 58.3 Å². The summed E-state index contributed by atoms with van der Waals surface area (Å²) in [5, 5.41) is 3.37. The summed E-state index contributed by atoms with van der Waals surface area (Å²) in [5.74, 6) is 1.45. The Morgan fingerprint density at radius 3 is 2.75 bits per heavy atom. The second-order valence-corrected chi connectivity index (χ2v) is 6.82. The molecule has 0 spiro atoms. The van der Waals surface area contributed by atoms with Crippen LogP contribution in [-0.4, -0.2) is 40.4 Å². The topological polar surface area (TPSA) is 58.1 Å². The molecule has 1 amide bonds. The fraction of sp³-hybridized carbons (Fsp3) is 0.632. The predicted octanol–water partition coefficient (Wildman–Crippen LogP) is 3.71. The molecule has 1 fully saturated rings. The molecule has 1 aliphatic heterocycles. The maximum Gasteiger partial charge on any atom is 0.272 e. The van der Waals surface area contributed by atoms with Gasteiger partial charge in [-0.3, -0.25) is 4.79 Å². The lowest BCUT2D eigenvalue weighted by Gasteiger charge is -2.26. The monoisotopic (exact) mass is 328 g/mol. The van der Waals surface area contributed by atoms with Crippen LogP contribution < -0.4 is 5.32 Å². The van der Waals surface area contributed by atoms with Crippen LogP contribution in [0.25, 0.3) is 0 Å². The quantitative estimate of drug-likeness (QED) is 0.837. The van der Waals surface area contributed by atoms with E-state index in [4.69, 9.17) is 0 Å². The summed E-state index contributed by atoms with van der Waals surface area (Å²) >= 11 is 0. The number of likely N-dealkylation sites (tertiary alicyclic amines) is 1. The lowest BCUT2D eigenvalue weighted by molar-refractivity contribution is 0.0718. The highest BCUT2D eigenvalue weighted by Crippen LogP contribution is 2.20. The Kier molecular flexibility index (Phi) is 5.83. The molecule has 2 heterocycles. The minimum atomic E-state index is 0.0400. The lowest BCUT2D eigenvalue weighted by atomic mass is 9.97. The molecule has 1 aromatic heterocycles. The Morgan fingerprint density at radius 2 is 2.00 bits per heavy atom. The van der Waals surface area contributed by atoms with Crippen molar-refractivity contribution in [2.75, 3.05) is 25.0 Å². The number of nitrogens with zero attached hydrogens (tertiary/aromatic N) is 3. The van der Waals surface area contributed by atoms with Crippen LogP contribution in [0, 0.1) is 6.92 Å². The predicted molar refractivity (Wildman–Crippen MR) is 96.2 cm³/mol. The molecule has 0 bridgehead atoms. The van der Waals surface area contributed by atoms with Gasteiger partial charge in [-0.15, -0.1) is 0 Å². The standard InChI is InChI=1S/C19H28N4O/c1-15-21-17(19(24)23-12-6-3-7-13-23)14-18(22-15)20-11-10-16-8-4-2-5-9-16/h8,14H,2-7,9-13H2,1H3,(H,20,21,22). The van der Waals surface area contributed by atoms with E-state index in [-0.39, 0.29) is 5.91 Å². The average molecular weight is 328 g/mol. The third-order valence-corrected chi connectivity index (χ3v) is 4.84. The number of anilines is 1. The highest BCUT2D eigenvalue weighted by Gasteiger charge is 2.20. The summed E-state index contributed by atoms with van der Waals surface area (Å²) in [6.07, 6.45) is 11.9. The van der Waals surface area contributed by atoms with Crippen molar-refractivity contribution in [3.8, 4) is 0 Å². The first-order valence-corrected chi connectivity index (χ1v) is 9.29. The van der Waals surface area contributed by atoms with Gasteiger partial charge >= 0.3 is 0 Å². The zero-order valence-electron chi connectivity index (χ0n) is 14.7. The van der Waals surface area contributed by atoms with Crippen molar-refractivity contribution in [2.24, 2.45) is 0 Å². The lowest BCUT2D eigenvalue weighted by Crippen LogP contribution is -2.36. The second kappa shape index (κ2) is 8.27. The maximum absolute atomic E-state index is 12.6. The van der Waals surface area contributed by atoms with Crippen LogP contribution in [0.15, 0.2) is 17.7 Å². The smallest absolute Gasteiger partial charge is 0.272 e. The van der Waals surface area contributed by atoms with Gasteiger partial charge in [-0.05, 0) is 58.3 Å². The largest absolute Gasteiger partial charge is 0.370 e. The fourth-order valence-electron chi connectivity index (χ4n) is 3.51. The Hall–Kier alpha value is -1.91. The fourth-order valence-corrected chi connectivity index (χ4v) is 3.51. The molecule has 3 rings (SSSR count). The first kappa shape index (κ1) is 16.9. The van der Waals surface area contributed by atoms with E-state index < -0.39 is 0 Å². The van der Waals surface area contributed by atoms with E-state index in [1.54, 1.807) is 11.6 Å². The van der Waals surface area contributed by atoms with Crippen molar-refractivity contribution in [1.29, 1.82) is 0 Å². The average Bonchev–Trinajstić information content (AvgIpc) is 2.62. The maximum atomic E-state index is 12.6. The summed E-state index contributed by atoms with van der Waals surface area (Å²) in [5.41, 5.74) is 2.06. The minimum absolute atomic E-state index is 0.0400. The molecular formula is C19H28N4O. The molecule has 1 aliphatic carbocycles. The van der Waals surface area contributed by atoms with Gasteiger partial charge in [0, 0.05) is 25.7 Å². The van der Waals surface area contributed by atoms with Crippen LogP contribution >= 0.6 is 0 Å². The van der Waals surface area contributed by atoms with E-state index in [2.05, 4.69) is 21.4 Å². The van der Waals surface area contributed by atoms with Crippen molar-refractivity contribution >= 4 is 11.7 Å². The van der Waals surface area contributed by atoms with Gasteiger partial charge in [0.15, 0.2) is 0 Å². The minimum Gasteiger partial charge on any atom is -0.370 e. The summed E-state index contributed by atoms with van der Waals surface area (Å²) in [4.78, 5) is 23.3. The van der Waals surface area contributed by atoms with Gasteiger partial charge in [0.25, 0.3) is 5.91 Å². The van der Waals surface area contributed by atoms with Gasteiger partial charge in [0.1, 0.15) is 17.3 Å². The summed E-state index contributed by atoms with van der Waals surface area (Å²) < 4.78 is 0. The van der Waals surface area contributed by atoms with Gasteiger partial charge in [-0.1, -0.05) is 11.6 Å². The van der Waals surface area contributed by atoms with Crippen molar-refractivity contribution in [3.05, 3.63) is 29.2 Å². The first-order valence-electron chi connectivity index (χ1n) is 9.29. The molecule has 5 heteroatoms. The molecule has 1 aromatic rings. The van der Waals surface area contributed by atoms with Gasteiger partial charge in [-0.25, -0.2) is 9.97 Å². The molecule has 1 saturated heterocycles. The number of carbonyl (C=O) groups excluding carboxylic acids is 1. The number of carbonyl (C=O) groups is 1. The molecule has 1 N–H and O–H groups in total. The molecule has 0 unspecified atom stereocenters. The highest BCUT2D eigenvalue weighted by molar-refractivity contribution is 5.93. The third kappa shape index (κ3) is 4.56. The third-order valence-electron chi connectivity index (χ3n) is 4.84. The number of allylic oxidation sites excluding steroid dienone is 1. The van der Waals surface area contributed by atoms with E-state index in [0.29, 0.717) is 11.5 Å². The van der Waals surface area contributed by atoms with Crippen LogP contribution in [0.5, 0.6) is 0 Å². The number of aryl methyl sites for hydroxylation is 1. The normalized spacial score (nSPS) is 18.2. The van der Waals surface area contributed by atoms with Crippen LogP contribution in [0.4, 0.5) is 5.82 Å². The van der Waals surface area contributed by atoms with Gasteiger partial charge in [0.05, 0.1) is 0 Å². The Bertz CT molecular complexity index is 605. The number of aromatic nitrogens is 2. The zero-order valence-corrected chi connectivity index (χ0v) is 14.7. The van der Waals surface area contributed by atoms with Crippen LogP contribution in [-0.2, 0) is 0 Å². The number of hydrogen-bond donors (Lipinski definition) is 1. The van der Waals surface area contributed by atoms with Crippen molar-refractivity contribution in [3.63, 3.8) is 0 Å². The molecule has 5 nitrogen and oxygen atoms in total. The van der Waals surface area contributed by atoms with Crippen molar-refractivity contribution < 1.29 is 4.79 Å². The number of rotatable bonds is 5. The number of hydrogen-bond acceptors (Lipinski definition) is 4. The molecule has 0 aromatic carbocycles. The second-order valence-electron chi connectivity index (χ2n) is 6.82. The molecule has 24 heavy (non-hydrogen) atoms. The van der Waals surface area contributed by atoms with E-state index in [0.717, 1.165) is 44.7 Å². The number of nitrogens with one attached hydrogen (secondary N) is 1. The van der Waals surface area contributed by atoms with E-state index in [9.17, 15) is 4.79 Å². The van der Waals surface area contributed by atoms with Gasteiger partial charge in [-0.2, -0.15) is 0 Å². The summed E-state index contributed by atoms with van der Waals surface area (Å²) in [6.45, 7) is 4.40. The summed E-state index contributed by atoms with van der Waals surface area (Å²) in [6, 6.07) is 1.80. The van der Waals surface area contributed by atoms with Gasteiger partial charge in [0.2, 0.25) is 0 Å². The Balaban J connectivity index is 1.60. The van der Waals surface area contributed by atoms with Crippen LogP contribution in [0.2, 0.25) is 0 Å². The van der Waals surface area contributed by atoms with Crippen LogP contribution in [0.1, 0.15) is 67.7 Å². The van der Waals surface area contributed by atoms with Gasteiger partial charge < -0.3 is 10.2 Å². The molecule has 0 atom stereocenters. The van der Waals surface area contributed by atoms with Crippen LogP contribution in [0.3, 0.4) is 0 Å². The molecule has 130 valence electrons. The molecule has 0 saturated carbocycles. The Labute approximate surface area is 144 Å². The first-order chi connectivity index (χ1) is 11.7. The molecular weight excluding hydrogens is 300 g/mol. The summed E-state index contributed by atoms with van der Waals surface area (Å²) in [7, 11) is 0. The molecule has 0 radical (unpaired) electrons. The SMILES string of the molecule is Cc1nc(NCCC2=CCCCC2)cc(C(=O)N2CCCCC2)n1. The Morgan fingerprint density at radius 1 is 1.17 bits per heavy atom. The van der Waals surface area contributed by atoms with E-state index >= 15 is 0 Å². The van der Waals surface area contributed by atoms with E-state index in [1.165, 1.54) is 32.1 Å². The van der Waals surface area contributed by atoms with E-state index in [1.807, 2.05) is 11.8 Å². The highest BCUT2D eigenvalue weighted by atomic mass is 16.2.